The molecule has 0 nitrogen and oxygen atoms in total. The molecule has 1 aromatic rings. The fraction of sp³-hybridized carbons (Fsp3) is 0.250. The number of rotatable bonds is 1. The van der Waals surface area contributed by atoms with Crippen molar-refractivity contribution < 1.29 is 17.9 Å². The monoisotopic (exact) mass is 209 g/mol. The van der Waals surface area contributed by atoms with Crippen molar-refractivity contribution in [3.8, 4) is 0 Å². The lowest BCUT2D eigenvalue weighted by Gasteiger charge is -2.05. The minimum Gasteiger partial charge on any atom is -0.269 e. The second kappa shape index (κ2) is 4.41. The van der Waals surface area contributed by atoms with Crippen molar-refractivity contribution in [3.63, 3.8) is 0 Å². The molecule has 0 bridgehead atoms. The summed E-state index contributed by atoms with van der Waals surface area (Å²) in [5.41, 5.74) is 0. The first-order valence-corrected chi connectivity index (χ1v) is 5.98. The Kier molecular flexibility index (Phi) is 4.12. The minimum absolute atomic E-state index is 0. The van der Waals surface area contributed by atoms with Crippen LogP contribution in [0.2, 0.25) is 13.1 Å². The molecular formula is C8H9F4Si. The molecule has 0 aliphatic heterocycles. The summed E-state index contributed by atoms with van der Waals surface area (Å²) >= 11 is 0. The summed E-state index contributed by atoms with van der Waals surface area (Å²) in [6, 6.07) is 2.27. The molecule has 0 saturated heterocycles. The zero-order valence-corrected chi connectivity index (χ0v) is 8.20. The van der Waals surface area contributed by atoms with Crippen LogP contribution in [0.5, 0.6) is 0 Å². The van der Waals surface area contributed by atoms with Gasteiger partial charge in [-0.25, -0.2) is 13.2 Å². The molecule has 0 N–H and O–H groups in total. The maximum atomic E-state index is 12.9. The van der Waals surface area contributed by atoms with E-state index in [9.17, 15) is 13.2 Å². The first-order chi connectivity index (χ1) is 5.54. The van der Waals surface area contributed by atoms with Crippen molar-refractivity contribution >= 4 is 14.0 Å². The number of hydrogen-bond donors (Lipinski definition) is 0. The topological polar surface area (TPSA) is 0 Å². The normalized spacial score (nSPS) is 10.0. The zero-order valence-electron chi connectivity index (χ0n) is 7.20. The third-order valence-electron chi connectivity index (χ3n) is 1.57. The van der Waals surface area contributed by atoms with Crippen LogP contribution in [0.4, 0.5) is 17.9 Å². The third-order valence-corrected chi connectivity index (χ3v) is 3.04. The molecule has 0 aliphatic rings. The van der Waals surface area contributed by atoms with Gasteiger partial charge in [0.1, 0.15) is 0 Å². The van der Waals surface area contributed by atoms with Crippen LogP contribution < -0.4 is 5.19 Å². The smallest absolute Gasteiger partial charge is 0.194 e. The van der Waals surface area contributed by atoms with E-state index in [1.807, 2.05) is 13.1 Å². The standard InChI is InChI=1S/C8H8F3Si.FH/c1-12(2)6-4-3-5(9)7(10)8(6)11;/h3-4H,1-2H3;1H. The van der Waals surface area contributed by atoms with E-state index in [4.69, 9.17) is 0 Å². The highest BCUT2D eigenvalue weighted by Gasteiger charge is 2.15. The highest BCUT2D eigenvalue weighted by atomic mass is 28.3. The molecule has 0 saturated carbocycles. The summed E-state index contributed by atoms with van der Waals surface area (Å²) < 4.78 is 38.0. The van der Waals surface area contributed by atoms with Crippen LogP contribution in [-0.4, -0.2) is 8.80 Å². The van der Waals surface area contributed by atoms with Gasteiger partial charge in [-0.15, -0.1) is 0 Å². The van der Waals surface area contributed by atoms with Crippen LogP contribution in [0, 0.1) is 17.5 Å². The van der Waals surface area contributed by atoms with Crippen LogP contribution >= 0.6 is 0 Å². The highest BCUT2D eigenvalue weighted by molar-refractivity contribution is 6.70. The molecule has 73 valence electrons. The van der Waals surface area contributed by atoms with E-state index >= 15 is 0 Å². The molecule has 1 aromatic carbocycles. The Morgan fingerprint density at radius 2 is 1.54 bits per heavy atom. The van der Waals surface area contributed by atoms with E-state index < -0.39 is 26.2 Å². The first kappa shape index (κ1) is 12.2. The van der Waals surface area contributed by atoms with Crippen LogP contribution in [0.25, 0.3) is 0 Å². The number of halogens is 4. The van der Waals surface area contributed by atoms with E-state index in [0.717, 1.165) is 6.07 Å². The molecule has 0 spiro atoms. The summed E-state index contributed by atoms with van der Waals surface area (Å²) in [6.07, 6.45) is 0. The summed E-state index contributed by atoms with van der Waals surface area (Å²) in [5, 5.41) is 0.305. The second-order valence-corrected chi connectivity index (χ2v) is 5.26. The molecule has 13 heavy (non-hydrogen) atoms. The Morgan fingerprint density at radius 1 is 1.00 bits per heavy atom. The fourth-order valence-electron chi connectivity index (χ4n) is 0.912. The zero-order chi connectivity index (χ0) is 9.30. The molecule has 0 heterocycles. The summed E-state index contributed by atoms with van der Waals surface area (Å²) in [7, 11) is -1.06. The van der Waals surface area contributed by atoms with Crippen molar-refractivity contribution in [3.05, 3.63) is 29.6 Å². The second-order valence-electron chi connectivity index (χ2n) is 2.72. The van der Waals surface area contributed by atoms with Gasteiger partial charge in [0, 0.05) is 0 Å². The summed E-state index contributed by atoms with van der Waals surface area (Å²) in [4.78, 5) is 0. The van der Waals surface area contributed by atoms with Crippen LogP contribution in [0.3, 0.4) is 0 Å². The summed E-state index contributed by atoms with van der Waals surface area (Å²) in [5.74, 6) is -3.52. The van der Waals surface area contributed by atoms with Gasteiger partial charge >= 0.3 is 0 Å². The molecule has 0 atom stereocenters. The van der Waals surface area contributed by atoms with Crippen LogP contribution in [-0.2, 0) is 0 Å². The number of benzene rings is 1. The molecule has 0 fully saturated rings. The van der Waals surface area contributed by atoms with Gasteiger partial charge in [0.2, 0.25) is 0 Å². The lowest BCUT2D eigenvalue weighted by atomic mass is 10.3. The Morgan fingerprint density at radius 3 is 2.00 bits per heavy atom. The van der Waals surface area contributed by atoms with E-state index in [-0.39, 0.29) is 4.70 Å². The number of hydrogen-bond acceptors (Lipinski definition) is 0. The van der Waals surface area contributed by atoms with E-state index in [2.05, 4.69) is 0 Å². The van der Waals surface area contributed by atoms with Crippen molar-refractivity contribution in [1.29, 1.82) is 0 Å². The minimum atomic E-state index is -1.36. The van der Waals surface area contributed by atoms with Gasteiger partial charge in [-0.1, -0.05) is 19.2 Å². The molecule has 1 radical (unpaired) electrons. The van der Waals surface area contributed by atoms with Crippen molar-refractivity contribution in [2.75, 3.05) is 0 Å². The molecule has 0 aliphatic carbocycles. The average molecular weight is 209 g/mol. The van der Waals surface area contributed by atoms with Gasteiger partial charge < -0.3 is 0 Å². The predicted molar refractivity (Wildman–Crippen MR) is 45.9 cm³/mol. The Bertz CT molecular complexity index is 298. The van der Waals surface area contributed by atoms with Crippen molar-refractivity contribution in [2.24, 2.45) is 0 Å². The summed E-state index contributed by atoms with van der Waals surface area (Å²) in [6.45, 7) is 3.64. The molecule has 0 aromatic heterocycles. The van der Waals surface area contributed by atoms with E-state index in [1.165, 1.54) is 6.07 Å². The lowest BCUT2D eigenvalue weighted by Crippen LogP contribution is -2.27. The van der Waals surface area contributed by atoms with Crippen molar-refractivity contribution in [2.45, 2.75) is 13.1 Å². The molecule has 5 heteroatoms. The Balaban J connectivity index is 0.00000144. The third kappa shape index (κ3) is 2.30. The average Bonchev–Trinajstić information content (AvgIpc) is 2.00. The van der Waals surface area contributed by atoms with Gasteiger partial charge in [0.15, 0.2) is 17.5 Å². The Hall–Kier alpha value is -0.843. The van der Waals surface area contributed by atoms with E-state index in [1.54, 1.807) is 0 Å². The molecule has 0 amide bonds. The van der Waals surface area contributed by atoms with Gasteiger partial charge in [0.25, 0.3) is 0 Å². The van der Waals surface area contributed by atoms with Crippen LogP contribution in [0.1, 0.15) is 0 Å². The fourth-order valence-corrected chi connectivity index (χ4v) is 1.88. The SMILES string of the molecule is C[Si](C)c1ccc(F)c(F)c1F.F. The highest BCUT2D eigenvalue weighted by Crippen LogP contribution is 2.08. The lowest BCUT2D eigenvalue weighted by molar-refractivity contribution is 0.450. The van der Waals surface area contributed by atoms with Gasteiger partial charge in [-0.3, -0.25) is 4.70 Å². The van der Waals surface area contributed by atoms with E-state index in [0.29, 0.717) is 5.19 Å². The maximum Gasteiger partial charge on any atom is 0.194 e. The Labute approximate surface area is 75.4 Å². The van der Waals surface area contributed by atoms with Gasteiger partial charge in [-0.05, 0) is 11.3 Å². The van der Waals surface area contributed by atoms with Gasteiger partial charge in [-0.2, -0.15) is 0 Å². The quantitative estimate of drug-likeness (QED) is 0.378. The predicted octanol–water partition coefficient (Wildman–Crippen LogP) is 2.22. The van der Waals surface area contributed by atoms with Crippen LogP contribution in [0.15, 0.2) is 12.1 Å². The first-order valence-electron chi connectivity index (χ1n) is 3.48. The van der Waals surface area contributed by atoms with Crippen molar-refractivity contribution in [1.82, 2.24) is 0 Å². The molecule has 0 unspecified atom stereocenters. The molecular weight excluding hydrogens is 200 g/mol. The van der Waals surface area contributed by atoms with Gasteiger partial charge in [0.05, 0.1) is 8.80 Å². The molecule has 1 rings (SSSR count). The largest absolute Gasteiger partial charge is 0.269 e. The maximum absolute atomic E-state index is 12.9.